The van der Waals surface area contributed by atoms with Crippen molar-refractivity contribution in [2.75, 3.05) is 13.1 Å². The van der Waals surface area contributed by atoms with E-state index in [9.17, 15) is 13.2 Å². The molecule has 0 radical (unpaired) electrons. The van der Waals surface area contributed by atoms with Gasteiger partial charge in [-0.05, 0) is 55.9 Å². The molecule has 0 spiro atoms. The highest BCUT2D eigenvalue weighted by molar-refractivity contribution is 7.89. The molecule has 1 saturated heterocycles. The number of aromatic nitrogens is 2. The van der Waals surface area contributed by atoms with Crippen molar-refractivity contribution in [2.45, 2.75) is 50.0 Å². The fourth-order valence-electron chi connectivity index (χ4n) is 4.81. The van der Waals surface area contributed by atoms with Crippen LogP contribution in [0.4, 0.5) is 0 Å². The van der Waals surface area contributed by atoms with E-state index in [-0.39, 0.29) is 17.3 Å². The number of amides is 1. The Bertz CT molecular complexity index is 1260. The molecule has 5 rings (SSSR count). The summed E-state index contributed by atoms with van der Waals surface area (Å²) in [7, 11) is -3.58. The average molecular weight is 465 g/mol. The minimum Gasteiger partial charge on any atom is -0.347 e. The Labute approximate surface area is 194 Å². The summed E-state index contributed by atoms with van der Waals surface area (Å²) in [5.74, 6) is -0.270. The van der Waals surface area contributed by atoms with Gasteiger partial charge in [-0.2, -0.15) is 9.40 Å². The van der Waals surface area contributed by atoms with E-state index in [1.54, 1.807) is 28.6 Å². The van der Waals surface area contributed by atoms with Crippen LogP contribution in [0, 0.1) is 0 Å². The second-order valence-corrected chi connectivity index (χ2v) is 10.5. The van der Waals surface area contributed by atoms with Gasteiger partial charge in [-0.3, -0.25) is 4.79 Å². The van der Waals surface area contributed by atoms with Crippen molar-refractivity contribution in [3.05, 3.63) is 77.1 Å². The van der Waals surface area contributed by atoms with Crippen LogP contribution in [0.15, 0.2) is 59.5 Å². The third-order valence-corrected chi connectivity index (χ3v) is 8.49. The zero-order valence-electron chi connectivity index (χ0n) is 18.5. The molecule has 1 aliphatic heterocycles. The molecule has 0 atom stereocenters. The third kappa shape index (κ3) is 4.20. The molecule has 33 heavy (non-hydrogen) atoms. The lowest BCUT2D eigenvalue weighted by molar-refractivity contribution is 0.0944. The average Bonchev–Trinajstić information content (AvgIpc) is 3.47. The SMILES string of the molecule is O=C(NCc1ccccc1S(=O)(=O)N1CCCCC1)c1nn(-c2ccccc2)c2c1CCC2. The molecule has 1 aliphatic carbocycles. The van der Waals surface area contributed by atoms with E-state index in [1.807, 2.05) is 35.0 Å². The molecule has 0 unspecified atom stereocenters. The van der Waals surface area contributed by atoms with Gasteiger partial charge in [0.2, 0.25) is 10.0 Å². The van der Waals surface area contributed by atoms with Crippen molar-refractivity contribution in [2.24, 2.45) is 0 Å². The van der Waals surface area contributed by atoms with Gasteiger partial charge in [0.25, 0.3) is 5.91 Å². The number of para-hydroxylation sites is 1. The van der Waals surface area contributed by atoms with E-state index in [0.29, 0.717) is 24.3 Å². The highest BCUT2D eigenvalue weighted by Gasteiger charge is 2.29. The summed E-state index contributed by atoms with van der Waals surface area (Å²) in [5.41, 5.74) is 4.04. The summed E-state index contributed by atoms with van der Waals surface area (Å²) in [6.45, 7) is 1.23. The molecule has 0 bridgehead atoms. The minimum absolute atomic E-state index is 0.134. The zero-order chi connectivity index (χ0) is 22.8. The molecule has 2 aliphatic rings. The van der Waals surface area contributed by atoms with Gasteiger partial charge in [-0.1, -0.05) is 42.8 Å². The molecule has 172 valence electrons. The number of nitrogens with one attached hydrogen (secondary N) is 1. The molecule has 1 amide bonds. The molecular weight excluding hydrogens is 436 g/mol. The molecule has 1 aromatic heterocycles. The molecule has 7 nitrogen and oxygen atoms in total. The lowest BCUT2D eigenvalue weighted by Gasteiger charge is -2.26. The number of carbonyl (C=O) groups is 1. The summed E-state index contributed by atoms with van der Waals surface area (Å²) < 4.78 is 29.9. The van der Waals surface area contributed by atoms with Crippen molar-refractivity contribution in [3.63, 3.8) is 0 Å². The Morgan fingerprint density at radius 2 is 1.64 bits per heavy atom. The Morgan fingerprint density at radius 3 is 2.42 bits per heavy atom. The first-order chi connectivity index (χ1) is 16.1. The smallest absolute Gasteiger partial charge is 0.272 e. The van der Waals surface area contributed by atoms with Crippen LogP contribution in [0.5, 0.6) is 0 Å². The van der Waals surface area contributed by atoms with Crippen LogP contribution < -0.4 is 5.32 Å². The number of piperidine rings is 1. The number of benzene rings is 2. The number of rotatable bonds is 6. The molecular formula is C25H28N4O3S. The van der Waals surface area contributed by atoms with Gasteiger partial charge < -0.3 is 5.32 Å². The monoisotopic (exact) mass is 464 g/mol. The van der Waals surface area contributed by atoms with Gasteiger partial charge in [-0.25, -0.2) is 13.1 Å². The number of carbonyl (C=O) groups excluding carboxylic acids is 1. The van der Waals surface area contributed by atoms with E-state index < -0.39 is 10.0 Å². The fourth-order valence-corrected chi connectivity index (χ4v) is 6.55. The fraction of sp³-hybridized carbons (Fsp3) is 0.360. The second kappa shape index (κ2) is 9.11. The van der Waals surface area contributed by atoms with Crippen molar-refractivity contribution in [1.29, 1.82) is 0 Å². The largest absolute Gasteiger partial charge is 0.347 e. The van der Waals surface area contributed by atoms with E-state index in [1.165, 1.54) is 0 Å². The summed E-state index contributed by atoms with van der Waals surface area (Å²) in [6, 6.07) is 16.8. The van der Waals surface area contributed by atoms with Crippen LogP contribution in [0.25, 0.3) is 5.69 Å². The summed E-state index contributed by atoms with van der Waals surface area (Å²) in [4.78, 5) is 13.4. The summed E-state index contributed by atoms with van der Waals surface area (Å²) in [6.07, 6.45) is 5.54. The van der Waals surface area contributed by atoms with Crippen molar-refractivity contribution < 1.29 is 13.2 Å². The molecule has 8 heteroatoms. The maximum Gasteiger partial charge on any atom is 0.272 e. The van der Waals surface area contributed by atoms with Crippen molar-refractivity contribution in [3.8, 4) is 5.69 Å². The normalized spacial score (nSPS) is 16.5. The van der Waals surface area contributed by atoms with Crippen molar-refractivity contribution >= 4 is 15.9 Å². The van der Waals surface area contributed by atoms with Crippen LogP contribution in [0.2, 0.25) is 0 Å². The lowest BCUT2D eigenvalue weighted by Crippen LogP contribution is -2.36. The maximum atomic E-state index is 13.2. The van der Waals surface area contributed by atoms with E-state index in [0.717, 1.165) is 55.5 Å². The number of sulfonamides is 1. The first kappa shape index (κ1) is 21.9. The Balaban J connectivity index is 1.38. The number of hydrogen-bond donors (Lipinski definition) is 1. The maximum absolute atomic E-state index is 13.2. The first-order valence-corrected chi connectivity index (χ1v) is 13.0. The highest BCUT2D eigenvalue weighted by atomic mass is 32.2. The lowest BCUT2D eigenvalue weighted by atomic mass is 10.2. The zero-order valence-corrected chi connectivity index (χ0v) is 19.4. The van der Waals surface area contributed by atoms with Gasteiger partial charge in [0.1, 0.15) is 0 Å². The number of fused-ring (bicyclic) bond motifs is 1. The van der Waals surface area contributed by atoms with Crippen LogP contribution in [0.3, 0.4) is 0 Å². The molecule has 3 aromatic rings. The van der Waals surface area contributed by atoms with E-state index in [2.05, 4.69) is 10.4 Å². The third-order valence-electron chi connectivity index (χ3n) is 6.49. The second-order valence-electron chi connectivity index (χ2n) is 8.63. The topological polar surface area (TPSA) is 84.3 Å². The highest BCUT2D eigenvalue weighted by Crippen LogP contribution is 2.28. The van der Waals surface area contributed by atoms with Crippen molar-refractivity contribution in [1.82, 2.24) is 19.4 Å². The van der Waals surface area contributed by atoms with Crippen LogP contribution in [0.1, 0.15) is 53.0 Å². The van der Waals surface area contributed by atoms with Crippen LogP contribution in [-0.2, 0) is 29.4 Å². The van der Waals surface area contributed by atoms with Gasteiger partial charge in [0.05, 0.1) is 10.6 Å². The van der Waals surface area contributed by atoms with Gasteiger partial charge in [0, 0.05) is 30.9 Å². The van der Waals surface area contributed by atoms with E-state index >= 15 is 0 Å². The Hall–Kier alpha value is -2.97. The summed E-state index contributed by atoms with van der Waals surface area (Å²) >= 11 is 0. The van der Waals surface area contributed by atoms with E-state index in [4.69, 9.17) is 0 Å². The molecule has 0 saturated carbocycles. The van der Waals surface area contributed by atoms with Gasteiger partial charge in [-0.15, -0.1) is 0 Å². The molecule has 2 heterocycles. The first-order valence-electron chi connectivity index (χ1n) is 11.6. The standard InChI is InChI=1S/C25H28N4O3S/c30-25(24-21-13-9-14-22(21)29(27-24)20-11-3-1-4-12-20)26-18-19-10-5-6-15-23(19)33(31,32)28-16-7-2-8-17-28/h1,3-6,10-12,15H,2,7-9,13-14,16-18H2,(H,26,30). The summed E-state index contributed by atoms with van der Waals surface area (Å²) in [5, 5.41) is 7.56. The predicted octanol–water partition coefficient (Wildman–Crippen LogP) is 3.47. The Morgan fingerprint density at radius 1 is 0.909 bits per heavy atom. The predicted molar refractivity (Wildman–Crippen MR) is 126 cm³/mol. The molecule has 1 fully saturated rings. The quantitative estimate of drug-likeness (QED) is 0.606. The van der Waals surface area contributed by atoms with Gasteiger partial charge in [0.15, 0.2) is 5.69 Å². The van der Waals surface area contributed by atoms with Crippen LogP contribution in [-0.4, -0.2) is 41.5 Å². The number of nitrogens with zero attached hydrogens (tertiary/aromatic N) is 3. The molecule has 2 aromatic carbocycles. The Kier molecular flexibility index (Phi) is 6.03. The van der Waals surface area contributed by atoms with Crippen LogP contribution >= 0.6 is 0 Å². The minimum atomic E-state index is -3.58. The molecule has 1 N–H and O–H groups in total. The number of hydrogen-bond acceptors (Lipinski definition) is 4. The van der Waals surface area contributed by atoms with Gasteiger partial charge >= 0.3 is 0 Å².